The third-order valence-corrected chi connectivity index (χ3v) is 4.20. The summed E-state index contributed by atoms with van der Waals surface area (Å²) in [6.07, 6.45) is -0.436. The van der Waals surface area contributed by atoms with Gasteiger partial charge in [0.05, 0.1) is 0 Å². The van der Waals surface area contributed by atoms with E-state index in [1.165, 1.54) is 11.1 Å². The summed E-state index contributed by atoms with van der Waals surface area (Å²) < 4.78 is 5.75. The number of hydrogen-bond acceptors (Lipinski definition) is 2. The van der Waals surface area contributed by atoms with Gasteiger partial charge in [-0.3, -0.25) is 0 Å². The van der Waals surface area contributed by atoms with Crippen molar-refractivity contribution in [1.82, 2.24) is 5.32 Å². The molecule has 2 amide bonds. The summed E-state index contributed by atoms with van der Waals surface area (Å²) in [6.45, 7) is 12.6. The van der Waals surface area contributed by atoms with Gasteiger partial charge in [0.1, 0.15) is 5.75 Å². The minimum Gasteiger partial charge on any atom is -0.471 e. The Labute approximate surface area is 157 Å². The highest BCUT2D eigenvalue weighted by atomic mass is 16.5. The van der Waals surface area contributed by atoms with Crippen molar-refractivity contribution < 1.29 is 9.53 Å². The molecule has 140 valence electrons. The number of hydrogen-bond donors (Lipinski definition) is 2. The lowest BCUT2D eigenvalue weighted by Crippen LogP contribution is -2.39. The maximum Gasteiger partial charge on any atom is 0.322 e. The van der Waals surface area contributed by atoms with Crippen LogP contribution in [-0.4, -0.2) is 12.3 Å². The second-order valence-electron chi connectivity index (χ2n) is 7.91. The van der Waals surface area contributed by atoms with E-state index in [2.05, 4.69) is 45.3 Å². The molecule has 0 aromatic heterocycles. The van der Waals surface area contributed by atoms with Crippen molar-refractivity contribution in [1.29, 1.82) is 0 Å². The minimum atomic E-state index is -0.436. The molecule has 2 rings (SSSR count). The van der Waals surface area contributed by atoms with Crippen molar-refractivity contribution in [3.63, 3.8) is 0 Å². The standard InChI is InChI=1S/C22H30N2O2/c1-15(2)17-7-13-20(14-8-17)26-16(3)23-21(25)24-19-11-9-18(10-12-19)22(4,5)6/h7-16H,1-6H3,(H2,23,24,25). The molecule has 0 aliphatic heterocycles. The van der Waals surface area contributed by atoms with Crippen LogP contribution >= 0.6 is 0 Å². The van der Waals surface area contributed by atoms with E-state index in [9.17, 15) is 4.79 Å². The highest BCUT2D eigenvalue weighted by molar-refractivity contribution is 5.89. The van der Waals surface area contributed by atoms with Gasteiger partial charge < -0.3 is 15.4 Å². The van der Waals surface area contributed by atoms with Crippen molar-refractivity contribution in [2.45, 2.75) is 59.1 Å². The van der Waals surface area contributed by atoms with Crippen LogP contribution in [0.3, 0.4) is 0 Å². The Morgan fingerprint density at radius 2 is 1.50 bits per heavy atom. The molecule has 2 N–H and O–H groups in total. The maximum atomic E-state index is 12.1. The lowest BCUT2D eigenvalue weighted by atomic mass is 9.87. The number of carbonyl (C=O) groups is 1. The number of amides is 2. The number of rotatable bonds is 5. The molecule has 0 saturated heterocycles. The molecule has 2 aromatic rings. The molecular weight excluding hydrogens is 324 g/mol. The fourth-order valence-electron chi connectivity index (χ4n) is 2.57. The molecule has 4 heteroatoms. The molecule has 0 aliphatic rings. The van der Waals surface area contributed by atoms with Gasteiger partial charge in [0, 0.05) is 5.69 Å². The average Bonchev–Trinajstić information content (AvgIpc) is 2.54. The first-order valence-corrected chi connectivity index (χ1v) is 9.10. The van der Waals surface area contributed by atoms with Gasteiger partial charge >= 0.3 is 6.03 Å². The Kier molecular flexibility index (Phi) is 6.30. The van der Waals surface area contributed by atoms with E-state index < -0.39 is 6.23 Å². The molecule has 0 radical (unpaired) electrons. The summed E-state index contributed by atoms with van der Waals surface area (Å²) in [5.74, 6) is 1.21. The lowest BCUT2D eigenvalue weighted by molar-refractivity contribution is 0.183. The van der Waals surface area contributed by atoms with E-state index in [1.54, 1.807) is 6.92 Å². The molecule has 0 heterocycles. The molecule has 26 heavy (non-hydrogen) atoms. The molecule has 2 aromatic carbocycles. The highest BCUT2D eigenvalue weighted by Crippen LogP contribution is 2.23. The molecule has 4 nitrogen and oxygen atoms in total. The van der Waals surface area contributed by atoms with Gasteiger partial charge in [-0.15, -0.1) is 0 Å². The van der Waals surface area contributed by atoms with Crippen LogP contribution in [0.1, 0.15) is 58.6 Å². The van der Waals surface area contributed by atoms with E-state index in [-0.39, 0.29) is 11.4 Å². The second kappa shape index (κ2) is 8.26. The molecule has 0 saturated carbocycles. The largest absolute Gasteiger partial charge is 0.471 e. The van der Waals surface area contributed by atoms with E-state index in [1.807, 2.05) is 48.5 Å². The third kappa shape index (κ3) is 5.80. The predicted molar refractivity (Wildman–Crippen MR) is 108 cm³/mol. The summed E-state index contributed by atoms with van der Waals surface area (Å²) in [4.78, 5) is 12.1. The number of urea groups is 1. The number of anilines is 1. The summed E-state index contributed by atoms with van der Waals surface area (Å²) in [5, 5.41) is 5.62. The van der Waals surface area contributed by atoms with E-state index >= 15 is 0 Å². The molecule has 0 bridgehead atoms. The van der Waals surface area contributed by atoms with Crippen LogP contribution in [0.15, 0.2) is 48.5 Å². The van der Waals surface area contributed by atoms with Crippen LogP contribution < -0.4 is 15.4 Å². The summed E-state index contributed by atoms with van der Waals surface area (Å²) >= 11 is 0. The third-order valence-electron chi connectivity index (χ3n) is 4.20. The van der Waals surface area contributed by atoms with Gasteiger partial charge in [0.2, 0.25) is 0 Å². The monoisotopic (exact) mass is 354 g/mol. The number of nitrogens with one attached hydrogen (secondary N) is 2. The normalized spacial score (nSPS) is 12.6. The fourth-order valence-corrected chi connectivity index (χ4v) is 2.57. The van der Waals surface area contributed by atoms with Gasteiger partial charge in [-0.2, -0.15) is 0 Å². The Balaban J connectivity index is 1.86. The first-order chi connectivity index (χ1) is 12.1. The maximum absolute atomic E-state index is 12.1. The number of carbonyl (C=O) groups excluding carboxylic acids is 1. The van der Waals surface area contributed by atoms with Crippen molar-refractivity contribution in [2.24, 2.45) is 0 Å². The Hall–Kier alpha value is -2.49. The first kappa shape index (κ1) is 19.8. The number of ether oxygens (including phenoxy) is 1. The van der Waals surface area contributed by atoms with Gasteiger partial charge in [0.15, 0.2) is 6.23 Å². The van der Waals surface area contributed by atoms with Crippen LogP contribution in [0.4, 0.5) is 10.5 Å². The highest BCUT2D eigenvalue weighted by Gasteiger charge is 2.14. The van der Waals surface area contributed by atoms with E-state index in [0.29, 0.717) is 5.92 Å². The second-order valence-corrected chi connectivity index (χ2v) is 7.91. The first-order valence-electron chi connectivity index (χ1n) is 9.10. The van der Waals surface area contributed by atoms with Gasteiger partial charge in [-0.25, -0.2) is 4.79 Å². The fraction of sp³-hybridized carbons (Fsp3) is 0.409. The Morgan fingerprint density at radius 1 is 0.923 bits per heavy atom. The SMILES string of the molecule is CC(NC(=O)Nc1ccc(C(C)(C)C)cc1)Oc1ccc(C(C)C)cc1. The molecule has 1 unspecified atom stereocenters. The smallest absolute Gasteiger partial charge is 0.322 e. The quantitative estimate of drug-likeness (QED) is 0.681. The van der Waals surface area contributed by atoms with Crippen molar-refractivity contribution in [3.8, 4) is 5.75 Å². The van der Waals surface area contributed by atoms with Crippen LogP contribution in [0.5, 0.6) is 5.75 Å². The summed E-state index contributed by atoms with van der Waals surface area (Å²) in [6, 6.07) is 15.5. The Bertz CT molecular complexity index is 713. The van der Waals surface area contributed by atoms with E-state index in [4.69, 9.17) is 4.74 Å². The molecule has 0 spiro atoms. The van der Waals surface area contributed by atoms with Gasteiger partial charge in [-0.05, 0) is 53.6 Å². The zero-order valence-corrected chi connectivity index (χ0v) is 16.6. The van der Waals surface area contributed by atoms with Gasteiger partial charge in [-0.1, -0.05) is 58.9 Å². The molecule has 0 fully saturated rings. The van der Waals surface area contributed by atoms with E-state index in [0.717, 1.165) is 11.4 Å². The molecular formula is C22H30N2O2. The zero-order chi connectivity index (χ0) is 19.3. The average molecular weight is 354 g/mol. The lowest BCUT2D eigenvalue weighted by Gasteiger charge is -2.20. The van der Waals surface area contributed by atoms with Crippen molar-refractivity contribution in [2.75, 3.05) is 5.32 Å². The zero-order valence-electron chi connectivity index (χ0n) is 16.6. The van der Waals surface area contributed by atoms with Crippen LogP contribution in [0.25, 0.3) is 0 Å². The summed E-state index contributed by atoms with van der Waals surface area (Å²) in [7, 11) is 0. The van der Waals surface area contributed by atoms with Gasteiger partial charge in [0.25, 0.3) is 0 Å². The molecule has 0 aliphatic carbocycles. The predicted octanol–water partition coefficient (Wildman–Crippen LogP) is 5.65. The van der Waals surface area contributed by atoms with Crippen LogP contribution in [0, 0.1) is 0 Å². The number of benzene rings is 2. The summed E-state index contributed by atoms with van der Waals surface area (Å²) in [5.41, 5.74) is 3.33. The van der Waals surface area contributed by atoms with Crippen LogP contribution in [0.2, 0.25) is 0 Å². The topological polar surface area (TPSA) is 50.4 Å². The molecule has 1 atom stereocenters. The van der Waals surface area contributed by atoms with Crippen LogP contribution in [-0.2, 0) is 5.41 Å². The van der Waals surface area contributed by atoms with Crippen molar-refractivity contribution >= 4 is 11.7 Å². The van der Waals surface area contributed by atoms with Crippen molar-refractivity contribution in [3.05, 3.63) is 59.7 Å². The minimum absolute atomic E-state index is 0.0915. The Morgan fingerprint density at radius 3 is 2.00 bits per heavy atom.